The number of aliphatic carboxylic acids is 1. The average molecular weight is 499 g/mol. The third-order valence-electron chi connectivity index (χ3n) is 6.82. The third-order valence-corrected chi connectivity index (χ3v) is 7.05. The standard InChI is InChI=1S/C27H31ClN2O5/c1-3-10-29(26-21-6-5-20(28)14-19(21)15-22(26)27(33)34)16-18-4-7-23(17(2)13-18)35-12-11-30-24(31)8-9-25(30)32/h4-7,13-14,22,26H,3,8-12,15-16H2,1-2H3,(H,33,34). The van der Waals surface area contributed by atoms with Crippen LogP contribution in [0.3, 0.4) is 0 Å². The maximum atomic E-state index is 12.1. The molecule has 1 N–H and O–H groups in total. The Morgan fingerprint density at radius 2 is 1.91 bits per heavy atom. The predicted octanol–water partition coefficient (Wildman–Crippen LogP) is 4.39. The van der Waals surface area contributed by atoms with Crippen molar-refractivity contribution in [1.82, 2.24) is 9.80 Å². The first-order valence-corrected chi connectivity index (χ1v) is 12.5. The van der Waals surface area contributed by atoms with Crippen LogP contribution in [0.5, 0.6) is 5.75 Å². The molecule has 1 saturated heterocycles. The van der Waals surface area contributed by atoms with Gasteiger partial charge in [-0.1, -0.05) is 36.7 Å². The van der Waals surface area contributed by atoms with Crippen LogP contribution in [0, 0.1) is 12.8 Å². The van der Waals surface area contributed by atoms with Gasteiger partial charge in [-0.2, -0.15) is 0 Å². The van der Waals surface area contributed by atoms with E-state index in [0.29, 0.717) is 23.7 Å². The van der Waals surface area contributed by atoms with Crippen molar-refractivity contribution in [3.63, 3.8) is 0 Å². The zero-order valence-corrected chi connectivity index (χ0v) is 20.9. The molecule has 0 aromatic heterocycles. The fourth-order valence-electron chi connectivity index (χ4n) is 5.21. The Labute approximate surface area is 210 Å². The first-order valence-electron chi connectivity index (χ1n) is 12.1. The van der Waals surface area contributed by atoms with Gasteiger partial charge >= 0.3 is 5.97 Å². The lowest BCUT2D eigenvalue weighted by atomic mass is 9.97. The van der Waals surface area contributed by atoms with Crippen LogP contribution in [0.4, 0.5) is 0 Å². The fourth-order valence-corrected chi connectivity index (χ4v) is 5.40. The van der Waals surface area contributed by atoms with E-state index in [1.807, 2.05) is 37.3 Å². The summed E-state index contributed by atoms with van der Waals surface area (Å²) in [6.45, 7) is 5.95. The molecule has 0 radical (unpaired) electrons. The summed E-state index contributed by atoms with van der Waals surface area (Å²) in [4.78, 5) is 39.2. The number of likely N-dealkylation sites (tertiary alicyclic amines) is 1. The van der Waals surface area contributed by atoms with Crippen LogP contribution in [-0.4, -0.2) is 52.4 Å². The maximum absolute atomic E-state index is 12.1. The number of carbonyl (C=O) groups excluding carboxylic acids is 2. The van der Waals surface area contributed by atoms with Gasteiger partial charge in [-0.25, -0.2) is 0 Å². The van der Waals surface area contributed by atoms with Crippen molar-refractivity contribution in [2.75, 3.05) is 19.7 Å². The number of carbonyl (C=O) groups is 3. The molecule has 0 spiro atoms. The number of amides is 2. The Morgan fingerprint density at radius 3 is 2.57 bits per heavy atom. The number of aryl methyl sites for hydroxylation is 1. The van der Waals surface area contributed by atoms with Gasteiger partial charge in [0.1, 0.15) is 12.4 Å². The van der Waals surface area contributed by atoms with Crippen molar-refractivity contribution >= 4 is 29.4 Å². The Kier molecular flexibility index (Phi) is 7.77. The van der Waals surface area contributed by atoms with Gasteiger partial charge in [-0.15, -0.1) is 0 Å². The second-order valence-electron chi connectivity index (χ2n) is 9.29. The zero-order valence-electron chi connectivity index (χ0n) is 20.1. The number of carboxylic acids is 1. The molecule has 4 rings (SSSR count). The quantitative estimate of drug-likeness (QED) is 0.489. The zero-order chi connectivity index (χ0) is 25.1. The smallest absolute Gasteiger partial charge is 0.308 e. The molecule has 35 heavy (non-hydrogen) atoms. The predicted molar refractivity (Wildman–Crippen MR) is 132 cm³/mol. The number of benzene rings is 2. The highest BCUT2D eigenvalue weighted by Crippen LogP contribution is 2.42. The normalized spacial score (nSPS) is 19.5. The minimum atomic E-state index is -0.793. The van der Waals surface area contributed by atoms with E-state index >= 15 is 0 Å². The van der Waals surface area contributed by atoms with E-state index in [4.69, 9.17) is 16.3 Å². The van der Waals surface area contributed by atoms with Crippen molar-refractivity contribution in [2.24, 2.45) is 5.92 Å². The second kappa shape index (κ2) is 10.8. The first-order chi connectivity index (χ1) is 16.8. The lowest BCUT2D eigenvalue weighted by Gasteiger charge is -2.32. The van der Waals surface area contributed by atoms with Crippen molar-refractivity contribution < 1.29 is 24.2 Å². The molecule has 0 bridgehead atoms. The van der Waals surface area contributed by atoms with E-state index in [0.717, 1.165) is 35.2 Å². The number of halogens is 1. The second-order valence-corrected chi connectivity index (χ2v) is 9.73. The van der Waals surface area contributed by atoms with Crippen LogP contribution in [0.15, 0.2) is 36.4 Å². The summed E-state index contributed by atoms with van der Waals surface area (Å²) in [5.74, 6) is -0.888. The van der Waals surface area contributed by atoms with E-state index in [-0.39, 0.29) is 43.8 Å². The minimum absolute atomic E-state index is 0.142. The lowest BCUT2D eigenvalue weighted by molar-refractivity contribution is -0.144. The molecule has 2 amide bonds. The molecule has 2 aromatic rings. The van der Waals surface area contributed by atoms with Gasteiger partial charge in [-0.05, 0) is 66.8 Å². The molecule has 2 aliphatic rings. The van der Waals surface area contributed by atoms with Crippen LogP contribution >= 0.6 is 11.6 Å². The number of carboxylic acid groups (broad SMARTS) is 1. The monoisotopic (exact) mass is 498 g/mol. The molecule has 1 heterocycles. The molecule has 2 aromatic carbocycles. The van der Waals surface area contributed by atoms with Gasteiger partial charge in [0.15, 0.2) is 0 Å². The summed E-state index contributed by atoms with van der Waals surface area (Å²) in [7, 11) is 0. The first kappa shape index (κ1) is 25.2. The third kappa shape index (κ3) is 5.52. The van der Waals surface area contributed by atoms with Gasteiger partial charge in [0.2, 0.25) is 11.8 Å². The summed E-state index contributed by atoms with van der Waals surface area (Å²) in [6.07, 6.45) is 1.94. The number of rotatable bonds is 10. The topological polar surface area (TPSA) is 87.2 Å². The van der Waals surface area contributed by atoms with Gasteiger partial charge in [0, 0.05) is 30.5 Å². The molecular formula is C27H31ClN2O5. The molecule has 1 fully saturated rings. The molecule has 2 unspecified atom stereocenters. The Morgan fingerprint density at radius 1 is 1.17 bits per heavy atom. The van der Waals surface area contributed by atoms with Crippen LogP contribution in [0.25, 0.3) is 0 Å². The summed E-state index contributed by atoms with van der Waals surface area (Å²) in [6, 6.07) is 11.4. The fraction of sp³-hybridized carbons (Fsp3) is 0.444. The molecule has 2 atom stereocenters. The number of fused-ring (bicyclic) bond motifs is 1. The van der Waals surface area contributed by atoms with E-state index in [2.05, 4.69) is 17.9 Å². The van der Waals surface area contributed by atoms with E-state index in [1.165, 1.54) is 4.90 Å². The number of hydrogen-bond donors (Lipinski definition) is 1. The van der Waals surface area contributed by atoms with Crippen LogP contribution < -0.4 is 4.74 Å². The van der Waals surface area contributed by atoms with Crippen LogP contribution in [0.2, 0.25) is 5.02 Å². The average Bonchev–Trinajstić information content (AvgIpc) is 3.34. The Hall–Kier alpha value is -2.90. The molecule has 186 valence electrons. The molecule has 0 saturated carbocycles. The van der Waals surface area contributed by atoms with Gasteiger partial charge in [-0.3, -0.25) is 24.2 Å². The van der Waals surface area contributed by atoms with Crippen molar-refractivity contribution in [2.45, 2.75) is 52.1 Å². The summed E-state index contributed by atoms with van der Waals surface area (Å²) in [5.41, 5.74) is 4.06. The minimum Gasteiger partial charge on any atom is -0.491 e. The molecular weight excluding hydrogens is 468 g/mol. The van der Waals surface area contributed by atoms with Crippen molar-refractivity contribution in [3.8, 4) is 5.75 Å². The number of nitrogens with zero attached hydrogens (tertiary/aromatic N) is 2. The number of ether oxygens (including phenoxy) is 1. The summed E-state index contributed by atoms with van der Waals surface area (Å²) < 4.78 is 5.86. The molecule has 1 aliphatic heterocycles. The van der Waals surface area contributed by atoms with Crippen LogP contribution in [0.1, 0.15) is 54.5 Å². The van der Waals surface area contributed by atoms with Gasteiger partial charge in [0.25, 0.3) is 0 Å². The highest BCUT2D eigenvalue weighted by molar-refractivity contribution is 6.30. The number of imide groups is 1. The SMILES string of the molecule is CCCN(Cc1ccc(OCCN2C(=O)CCC2=O)c(C)c1)C1c2ccc(Cl)cc2CC1C(=O)O. The Bertz CT molecular complexity index is 1120. The molecule has 8 heteroatoms. The Balaban J connectivity index is 1.47. The number of hydrogen-bond acceptors (Lipinski definition) is 5. The highest BCUT2D eigenvalue weighted by atomic mass is 35.5. The molecule has 1 aliphatic carbocycles. The van der Waals surface area contributed by atoms with Crippen molar-refractivity contribution in [1.29, 1.82) is 0 Å². The van der Waals surface area contributed by atoms with E-state index < -0.39 is 11.9 Å². The van der Waals surface area contributed by atoms with E-state index in [9.17, 15) is 19.5 Å². The highest BCUT2D eigenvalue weighted by Gasteiger charge is 2.40. The van der Waals surface area contributed by atoms with Crippen LogP contribution in [-0.2, 0) is 27.3 Å². The van der Waals surface area contributed by atoms with Gasteiger partial charge < -0.3 is 9.84 Å². The van der Waals surface area contributed by atoms with Crippen molar-refractivity contribution in [3.05, 3.63) is 63.7 Å². The van der Waals surface area contributed by atoms with Gasteiger partial charge in [0.05, 0.1) is 12.5 Å². The van der Waals surface area contributed by atoms with E-state index in [1.54, 1.807) is 0 Å². The largest absolute Gasteiger partial charge is 0.491 e. The summed E-state index contributed by atoms with van der Waals surface area (Å²) in [5, 5.41) is 10.6. The lowest BCUT2D eigenvalue weighted by Crippen LogP contribution is -2.35. The molecule has 7 nitrogen and oxygen atoms in total. The summed E-state index contributed by atoms with van der Waals surface area (Å²) >= 11 is 6.18. The maximum Gasteiger partial charge on any atom is 0.308 e.